The third-order valence-electron chi connectivity index (χ3n) is 4.54. The molecule has 3 heteroatoms. The minimum Gasteiger partial charge on any atom is -0.271 e. The van der Waals surface area contributed by atoms with E-state index in [4.69, 9.17) is 5.84 Å². The quantitative estimate of drug-likeness (QED) is 0.585. The molecule has 0 aromatic rings. The van der Waals surface area contributed by atoms with Crippen LogP contribution in [0.2, 0.25) is 0 Å². The summed E-state index contributed by atoms with van der Waals surface area (Å²) in [6.07, 6.45) is 12.7. The predicted molar refractivity (Wildman–Crippen MR) is 77.0 cm³/mol. The molecule has 0 aromatic carbocycles. The highest BCUT2D eigenvalue weighted by Crippen LogP contribution is 2.31. The van der Waals surface area contributed by atoms with Crippen molar-refractivity contribution in [2.24, 2.45) is 17.7 Å². The van der Waals surface area contributed by atoms with Crippen LogP contribution in [0.15, 0.2) is 0 Å². The summed E-state index contributed by atoms with van der Waals surface area (Å²) in [5, 5.41) is 0. The zero-order valence-electron chi connectivity index (χ0n) is 11.0. The zero-order valence-corrected chi connectivity index (χ0v) is 11.8. The van der Waals surface area contributed by atoms with Gasteiger partial charge in [0, 0.05) is 6.04 Å². The summed E-state index contributed by atoms with van der Waals surface area (Å²) >= 11 is 2.12. The lowest BCUT2D eigenvalue weighted by Gasteiger charge is -2.30. The third-order valence-corrected chi connectivity index (χ3v) is 5.59. The van der Waals surface area contributed by atoms with Gasteiger partial charge in [-0.1, -0.05) is 32.1 Å². The van der Waals surface area contributed by atoms with Crippen molar-refractivity contribution >= 4 is 11.8 Å². The van der Waals surface area contributed by atoms with Crippen LogP contribution in [0.5, 0.6) is 0 Å². The molecule has 1 saturated heterocycles. The van der Waals surface area contributed by atoms with Crippen LogP contribution in [0.3, 0.4) is 0 Å². The fraction of sp³-hybridized carbons (Fsp3) is 1.00. The SMILES string of the molecule is NNC(CC1CCCCC1)CC1CCSCC1. The summed E-state index contributed by atoms with van der Waals surface area (Å²) in [5.74, 6) is 10.4. The standard InChI is InChI=1S/C14H28N2S/c15-16-14(10-12-4-2-1-3-5-12)11-13-6-8-17-9-7-13/h12-14,16H,1-11,15H2. The molecule has 0 radical (unpaired) electrons. The lowest BCUT2D eigenvalue weighted by Crippen LogP contribution is -2.38. The minimum atomic E-state index is 0.575. The Morgan fingerprint density at radius 2 is 1.53 bits per heavy atom. The molecule has 100 valence electrons. The monoisotopic (exact) mass is 256 g/mol. The van der Waals surface area contributed by atoms with Gasteiger partial charge >= 0.3 is 0 Å². The second-order valence-electron chi connectivity index (χ2n) is 5.89. The van der Waals surface area contributed by atoms with E-state index in [0.717, 1.165) is 11.8 Å². The van der Waals surface area contributed by atoms with Gasteiger partial charge in [0.2, 0.25) is 0 Å². The van der Waals surface area contributed by atoms with Gasteiger partial charge < -0.3 is 0 Å². The van der Waals surface area contributed by atoms with Gasteiger partial charge in [-0.3, -0.25) is 11.3 Å². The Bertz CT molecular complexity index is 178. The molecular weight excluding hydrogens is 228 g/mol. The summed E-state index contributed by atoms with van der Waals surface area (Å²) in [4.78, 5) is 0. The first-order chi connectivity index (χ1) is 8.38. The third kappa shape index (κ3) is 4.80. The van der Waals surface area contributed by atoms with E-state index in [-0.39, 0.29) is 0 Å². The van der Waals surface area contributed by atoms with E-state index in [1.54, 1.807) is 0 Å². The summed E-state index contributed by atoms with van der Waals surface area (Å²) in [5.41, 5.74) is 3.09. The molecule has 1 unspecified atom stereocenters. The summed E-state index contributed by atoms with van der Waals surface area (Å²) < 4.78 is 0. The van der Waals surface area contributed by atoms with Gasteiger partial charge in [0.05, 0.1) is 0 Å². The molecule has 1 saturated carbocycles. The normalized spacial score (nSPS) is 25.9. The van der Waals surface area contributed by atoms with Crippen molar-refractivity contribution in [1.29, 1.82) is 0 Å². The molecule has 1 aliphatic heterocycles. The van der Waals surface area contributed by atoms with Crippen LogP contribution in [0, 0.1) is 11.8 Å². The van der Waals surface area contributed by atoms with E-state index < -0.39 is 0 Å². The fourth-order valence-corrected chi connectivity index (χ4v) is 4.65. The van der Waals surface area contributed by atoms with E-state index in [0.29, 0.717) is 6.04 Å². The molecular formula is C14H28N2S. The highest BCUT2D eigenvalue weighted by Gasteiger charge is 2.22. The number of rotatable bonds is 5. The number of nitrogens with one attached hydrogen (secondary N) is 1. The van der Waals surface area contributed by atoms with Crippen molar-refractivity contribution < 1.29 is 0 Å². The zero-order chi connectivity index (χ0) is 11.9. The van der Waals surface area contributed by atoms with E-state index in [1.807, 2.05) is 0 Å². The van der Waals surface area contributed by atoms with Crippen molar-refractivity contribution in [3.8, 4) is 0 Å². The number of hydrogen-bond donors (Lipinski definition) is 2. The molecule has 1 heterocycles. The Morgan fingerprint density at radius 1 is 0.941 bits per heavy atom. The van der Waals surface area contributed by atoms with Gasteiger partial charge in [0.15, 0.2) is 0 Å². The maximum absolute atomic E-state index is 5.75. The Kier molecular flexibility index (Phi) is 6.16. The van der Waals surface area contributed by atoms with Crippen LogP contribution in [0.1, 0.15) is 57.8 Å². The number of thioether (sulfide) groups is 1. The van der Waals surface area contributed by atoms with Gasteiger partial charge in [-0.15, -0.1) is 0 Å². The number of hydrazine groups is 1. The molecule has 2 aliphatic rings. The van der Waals surface area contributed by atoms with E-state index in [9.17, 15) is 0 Å². The van der Waals surface area contributed by atoms with Crippen LogP contribution >= 0.6 is 11.8 Å². The second kappa shape index (κ2) is 7.65. The molecule has 3 N–H and O–H groups in total. The van der Waals surface area contributed by atoms with Crippen LogP contribution in [-0.2, 0) is 0 Å². The maximum atomic E-state index is 5.75. The highest BCUT2D eigenvalue weighted by molar-refractivity contribution is 7.99. The predicted octanol–water partition coefficient (Wildman–Crippen LogP) is 3.32. The lowest BCUT2D eigenvalue weighted by atomic mass is 9.82. The van der Waals surface area contributed by atoms with Crippen molar-refractivity contribution in [3.63, 3.8) is 0 Å². The average molecular weight is 256 g/mol. The molecule has 1 atom stereocenters. The molecule has 0 bridgehead atoms. The maximum Gasteiger partial charge on any atom is 0.0215 e. The van der Waals surface area contributed by atoms with E-state index in [2.05, 4.69) is 17.2 Å². The van der Waals surface area contributed by atoms with Crippen LogP contribution in [-0.4, -0.2) is 17.5 Å². The largest absolute Gasteiger partial charge is 0.271 e. The highest BCUT2D eigenvalue weighted by atomic mass is 32.2. The Labute approximate surface area is 110 Å². The number of nitrogens with two attached hydrogens (primary N) is 1. The van der Waals surface area contributed by atoms with Gasteiger partial charge in [0.25, 0.3) is 0 Å². The van der Waals surface area contributed by atoms with E-state index in [1.165, 1.54) is 69.3 Å². The smallest absolute Gasteiger partial charge is 0.0215 e. The van der Waals surface area contributed by atoms with E-state index >= 15 is 0 Å². The summed E-state index contributed by atoms with van der Waals surface area (Å²) in [6.45, 7) is 0. The second-order valence-corrected chi connectivity index (χ2v) is 7.12. The molecule has 0 spiro atoms. The summed E-state index contributed by atoms with van der Waals surface area (Å²) in [7, 11) is 0. The molecule has 1 aliphatic carbocycles. The Morgan fingerprint density at radius 3 is 2.12 bits per heavy atom. The minimum absolute atomic E-state index is 0.575. The van der Waals surface area contributed by atoms with Crippen LogP contribution in [0.4, 0.5) is 0 Å². The topological polar surface area (TPSA) is 38.0 Å². The van der Waals surface area contributed by atoms with Gasteiger partial charge in [0.1, 0.15) is 0 Å². The van der Waals surface area contributed by atoms with Gasteiger partial charge in [-0.2, -0.15) is 11.8 Å². The Balaban J connectivity index is 1.71. The fourth-order valence-electron chi connectivity index (χ4n) is 3.44. The van der Waals surface area contributed by atoms with Crippen molar-refractivity contribution in [2.75, 3.05) is 11.5 Å². The van der Waals surface area contributed by atoms with Gasteiger partial charge in [-0.25, -0.2) is 0 Å². The molecule has 17 heavy (non-hydrogen) atoms. The van der Waals surface area contributed by atoms with Crippen LogP contribution < -0.4 is 11.3 Å². The molecule has 2 nitrogen and oxygen atoms in total. The molecule has 0 aromatic heterocycles. The first-order valence-electron chi connectivity index (χ1n) is 7.42. The molecule has 0 amide bonds. The Hall–Kier alpha value is 0.270. The summed E-state index contributed by atoms with van der Waals surface area (Å²) in [6, 6.07) is 0.575. The average Bonchev–Trinajstić information content (AvgIpc) is 2.40. The lowest BCUT2D eigenvalue weighted by molar-refractivity contribution is 0.267. The van der Waals surface area contributed by atoms with Gasteiger partial charge in [-0.05, 0) is 49.0 Å². The van der Waals surface area contributed by atoms with Crippen molar-refractivity contribution in [3.05, 3.63) is 0 Å². The number of hydrogen-bond acceptors (Lipinski definition) is 3. The molecule has 2 rings (SSSR count). The van der Waals surface area contributed by atoms with Crippen molar-refractivity contribution in [1.82, 2.24) is 5.43 Å². The first-order valence-corrected chi connectivity index (χ1v) is 8.58. The first kappa shape index (κ1) is 13.7. The molecule has 2 fully saturated rings. The van der Waals surface area contributed by atoms with Crippen molar-refractivity contribution in [2.45, 2.75) is 63.8 Å². The van der Waals surface area contributed by atoms with Crippen LogP contribution in [0.25, 0.3) is 0 Å².